The van der Waals surface area contributed by atoms with Gasteiger partial charge in [-0.25, -0.2) is 9.88 Å². The molecule has 1 aromatic heterocycles. The van der Waals surface area contributed by atoms with Gasteiger partial charge in [-0.1, -0.05) is 17.8 Å². The van der Waals surface area contributed by atoms with Gasteiger partial charge in [0.2, 0.25) is 11.8 Å². The third kappa shape index (κ3) is 3.26. The minimum atomic E-state index is -1.44. The number of hydrogen-bond acceptors (Lipinski definition) is 8. The van der Waals surface area contributed by atoms with Crippen LogP contribution in [0.4, 0.5) is 11.4 Å². The molecule has 2 amide bonds. The van der Waals surface area contributed by atoms with Gasteiger partial charge in [0.1, 0.15) is 5.03 Å². The Hall–Kier alpha value is -3.27. The Labute approximate surface area is 150 Å². The van der Waals surface area contributed by atoms with E-state index < -0.39 is 28.0 Å². The lowest BCUT2D eigenvalue weighted by Crippen LogP contribution is -2.31. The van der Waals surface area contributed by atoms with E-state index in [9.17, 15) is 29.6 Å². The van der Waals surface area contributed by atoms with Crippen molar-refractivity contribution in [3.63, 3.8) is 0 Å². The number of benzene rings is 1. The van der Waals surface area contributed by atoms with E-state index in [1.54, 1.807) is 0 Å². The molecule has 0 aliphatic carbocycles. The predicted octanol–water partition coefficient (Wildman–Crippen LogP) is 0.778. The second-order valence-electron chi connectivity index (χ2n) is 5.30. The van der Waals surface area contributed by atoms with Crippen LogP contribution in [0.5, 0.6) is 0 Å². The molecule has 3 rings (SSSR count). The first kappa shape index (κ1) is 17.5. The molecule has 1 aliphatic rings. The van der Waals surface area contributed by atoms with Crippen LogP contribution < -0.4 is 10.0 Å². The van der Waals surface area contributed by atoms with E-state index in [0.717, 1.165) is 22.7 Å². The normalized spacial score (nSPS) is 16.8. The largest absolute Gasteiger partial charge is 0.545 e. The molecule has 0 unspecified atom stereocenters. The van der Waals surface area contributed by atoms with Crippen LogP contribution in [0.2, 0.25) is 0 Å². The highest BCUT2D eigenvalue weighted by atomic mass is 32.2. The molecule has 1 aliphatic heterocycles. The van der Waals surface area contributed by atoms with Crippen molar-refractivity contribution in [3.8, 4) is 0 Å². The Kier molecular flexibility index (Phi) is 4.67. The van der Waals surface area contributed by atoms with Crippen LogP contribution in [0.3, 0.4) is 0 Å². The first-order chi connectivity index (χ1) is 12.4. The highest BCUT2D eigenvalue weighted by molar-refractivity contribution is 8.00. The maximum absolute atomic E-state index is 12.6. The lowest BCUT2D eigenvalue weighted by atomic mass is 10.2. The highest BCUT2D eigenvalue weighted by Gasteiger charge is 2.41. The molecule has 2 heterocycles. The first-order valence-electron chi connectivity index (χ1n) is 7.32. The van der Waals surface area contributed by atoms with Crippen molar-refractivity contribution >= 4 is 40.9 Å². The number of nitrogens with zero attached hydrogens (tertiary/aromatic N) is 3. The van der Waals surface area contributed by atoms with Crippen LogP contribution in [0.1, 0.15) is 16.8 Å². The third-order valence-electron chi connectivity index (χ3n) is 3.65. The van der Waals surface area contributed by atoms with E-state index in [-0.39, 0.29) is 28.4 Å². The van der Waals surface area contributed by atoms with E-state index in [4.69, 9.17) is 0 Å². The van der Waals surface area contributed by atoms with Gasteiger partial charge < -0.3 is 9.90 Å². The fourth-order valence-corrected chi connectivity index (χ4v) is 3.59. The number of carbonyl (C=O) groups is 3. The van der Waals surface area contributed by atoms with Crippen molar-refractivity contribution in [1.82, 2.24) is 4.98 Å². The van der Waals surface area contributed by atoms with E-state index in [0.29, 0.717) is 0 Å². The number of carbonyl (C=O) groups excluding carboxylic acids is 3. The van der Waals surface area contributed by atoms with Gasteiger partial charge in [-0.2, -0.15) is 0 Å². The molecule has 10 heteroatoms. The SMILES string of the molecule is O=C([O-])c1cccnc1S[C@H]1CC(=O)N(c2cccc([N+](=O)[O-])c2)C1=O. The summed E-state index contributed by atoms with van der Waals surface area (Å²) in [6.07, 6.45) is 1.20. The van der Waals surface area contributed by atoms with Gasteiger partial charge in [-0.15, -0.1) is 0 Å². The summed E-state index contributed by atoms with van der Waals surface area (Å²) in [4.78, 5) is 51.1. The molecule has 1 fully saturated rings. The minimum absolute atomic E-state index is 0.0690. The molecule has 0 spiro atoms. The second kappa shape index (κ2) is 6.92. The molecule has 26 heavy (non-hydrogen) atoms. The van der Waals surface area contributed by atoms with Crippen LogP contribution in [0, 0.1) is 10.1 Å². The van der Waals surface area contributed by atoms with Crippen LogP contribution in [0.15, 0.2) is 47.6 Å². The fraction of sp³-hybridized carbons (Fsp3) is 0.125. The smallest absolute Gasteiger partial charge is 0.271 e. The van der Waals surface area contributed by atoms with Crippen molar-refractivity contribution in [1.29, 1.82) is 0 Å². The number of pyridine rings is 1. The van der Waals surface area contributed by atoms with Crippen LogP contribution in [-0.2, 0) is 9.59 Å². The molecule has 1 atom stereocenters. The summed E-state index contributed by atoms with van der Waals surface area (Å²) in [5.41, 5.74) is -0.326. The number of nitro benzene ring substituents is 1. The van der Waals surface area contributed by atoms with Gasteiger partial charge in [0, 0.05) is 30.3 Å². The van der Waals surface area contributed by atoms with Crippen LogP contribution >= 0.6 is 11.8 Å². The lowest BCUT2D eigenvalue weighted by Gasteiger charge is -2.15. The number of aromatic carboxylic acids is 1. The number of non-ortho nitro benzene ring substituents is 1. The van der Waals surface area contributed by atoms with Gasteiger partial charge in [0.15, 0.2) is 0 Å². The maximum atomic E-state index is 12.6. The fourth-order valence-electron chi connectivity index (χ4n) is 2.49. The Morgan fingerprint density at radius 1 is 1.27 bits per heavy atom. The zero-order valence-corrected chi connectivity index (χ0v) is 13.8. The zero-order chi connectivity index (χ0) is 18.8. The number of hydrogen-bond donors (Lipinski definition) is 0. The summed E-state index contributed by atoms with van der Waals surface area (Å²) < 4.78 is 0. The Bertz CT molecular complexity index is 932. The molecule has 0 N–H and O–H groups in total. The monoisotopic (exact) mass is 372 g/mol. The van der Waals surface area contributed by atoms with Crippen molar-refractivity contribution in [3.05, 3.63) is 58.3 Å². The molecule has 9 nitrogen and oxygen atoms in total. The average molecular weight is 372 g/mol. The van der Waals surface area contributed by atoms with E-state index >= 15 is 0 Å². The van der Waals surface area contributed by atoms with Crippen LogP contribution in [-0.4, -0.2) is 32.9 Å². The molecular formula is C16H10N3O6S-. The van der Waals surface area contributed by atoms with E-state index in [1.807, 2.05) is 0 Å². The molecule has 132 valence electrons. The van der Waals surface area contributed by atoms with Crippen LogP contribution in [0.25, 0.3) is 0 Å². The number of rotatable bonds is 5. The summed E-state index contributed by atoms with van der Waals surface area (Å²) >= 11 is 0.849. The first-order valence-corrected chi connectivity index (χ1v) is 8.20. The summed E-state index contributed by atoms with van der Waals surface area (Å²) in [6, 6.07) is 7.90. The van der Waals surface area contributed by atoms with Gasteiger partial charge in [-0.3, -0.25) is 19.7 Å². The quantitative estimate of drug-likeness (QED) is 0.427. The summed E-state index contributed by atoms with van der Waals surface area (Å²) in [5.74, 6) is -2.55. The molecule has 0 radical (unpaired) electrons. The van der Waals surface area contributed by atoms with Crippen molar-refractivity contribution in [2.24, 2.45) is 0 Å². The van der Waals surface area contributed by atoms with Gasteiger partial charge in [-0.05, 0) is 18.2 Å². The lowest BCUT2D eigenvalue weighted by molar-refractivity contribution is -0.384. The van der Waals surface area contributed by atoms with E-state index in [2.05, 4.69) is 4.98 Å². The number of carboxylic acids is 1. The number of anilines is 1. The Morgan fingerprint density at radius 3 is 2.73 bits per heavy atom. The molecule has 0 bridgehead atoms. The van der Waals surface area contributed by atoms with Gasteiger partial charge in [0.25, 0.3) is 5.69 Å². The second-order valence-corrected chi connectivity index (χ2v) is 6.49. The molecule has 1 saturated heterocycles. The number of amides is 2. The average Bonchev–Trinajstić information content (AvgIpc) is 2.89. The zero-order valence-electron chi connectivity index (χ0n) is 13.0. The summed E-state index contributed by atoms with van der Waals surface area (Å²) in [7, 11) is 0. The van der Waals surface area contributed by atoms with E-state index in [1.165, 1.54) is 36.5 Å². The number of imide groups is 1. The summed E-state index contributed by atoms with van der Waals surface area (Å²) in [6.45, 7) is 0. The molecular weight excluding hydrogens is 362 g/mol. The third-order valence-corrected chi connectivity index (χ3v) is 4.85. The number of aromatic nitrogens is 1. The summed E-state index contributed by atoms with van der Waals surface area (Å²) in [5, 5.41) is 21.2. The van der Waals surface area contributed by atoms with Gasteiger partial charge >= 0.3 is 0 Å². The number of carboxylic acid groups (broad SMARTS) is 1. The van der Waals surface area contributed by atoms with Crippen molar-refractivity contribution < 1.29 is 24.4 Å². The van der Waals surface area contributed by atoms with Crippen molar-refractivity contribution in [2.75, 3.05) is 4.90 Å². The minimum Gasteiger partial charge on any atom is -0.545 e. The molecule has 1 aromatic carbocycles. The number of thioether (sulfide) groups is 1. The Balaban J connectivity index is 1.87. The standard InChI is InChI=1S/C16H11N3O6S/c20-13-8-12(26-14-11(16(22)23)5-2-6-17-14)15(21)18(13)9-3-1-4-10(7-9)19(24)25/h1-7,12H,8H2,(H,22,23)/p-1/t12-/m0/s1. The molecule has 2 aromatic rings. The maximum Gasteiger partial charge on any atom is 0.271 e. The highest BCUT2D eigenvalue weighted by Crippen LogP contribution is 2.35. The topological polar surface area (TPSA) is 134 Å². The molecule has 0 saturated carbocycles. The van der Waals surface area contributed by atoms with Gasteiger partial charge in [0.05, 0.1) is 21.8 Å². The number of nitro groups is 1. The Morgan fingerprint density at radius 2 is 2.04 bits per heavy atom. The van der Waals surface area contributed by atoms with Crippen molar-refractivity contribution in [2.45, 2.75) is 16.7 Å². The predicted molar refractivity (Wildman–Crippen MR) is 88.4 cm³/mol.